The number of carbonyl (C=O) groups is 1. The number of ether oxygens (including phenoxy) is 1. The van der Waals surface area contributed by atoms with Crippen LogP contribution in [0.15, 0.2) is 6.20 Å². The minimum absolute atomic E-state index is 0.0395. The summed E-state index contributed by atoms with van der Waals surface area (Å²) in [4.78, 5) is 15.1. The first-order valence-electron chi connectivity index (χ1n) is 10.5. The molecule has 1 fully saturated rings. The molecule has 1 amide bonds. The highest BCUT2D eigenvalue weighted by molar-refractivity contribution is 5.79. The van der Waals surface area contributed by atoms with Crippen molar-refractivity contribution >= 4 is 5.91 Å². The number of aromatic amines is 1. The first kappa shape index (κ1) is 22.8. The fourth-order valence-corrected chi connectivity index (χ4v) is 4.18. The van der Waals surface area contributed by atoms with Crippen LogP contribution < -0.4 is 10.6 Å². The van der Waals surface area contributed by atoms with E-state index in [-0.39, 0.29) is 17.2 Å². The zero-order valence-electron chi connectivity index (χ0n) is 18.3. The van der Waals surface area contributed by atoms with Crippen LogP contribution in [0.3, 0.4) is 0 Å². The fourth-order valence-electron chi connectivity index (χ4n) is 4.18. The number of nitrogens with zero attached hydrogens (tertiary/aromatic N) is 2. The molecule has 3 N–H and O–H groups in total. The summed E-state index contributed by atoms with van der Waals surface area (Å²) in [6.07, 6.45) is 6.08. The number of hydrogen-bond acceptors (Lipinski definition) is 5. The van der Waals surface area contributed by atoms with Crippen LogP contribution in [0, 0.1) is 17.3 Å². The molecule has 1 aromatic rings. The SMILES string of the molecule is CNCCN(C)Cc1cn[nH]c1C[C@@H]1CCC(C)(C)[C@@H](C(=O)NCCOC)C1. The maximum absolute atomic E-state index is 12.7. The van der Waals surface area contributed by atoms with Crippen LogP contribution in [0.1, 0.15) is 44.4 Å². The second kappa shape index (κ2) is 10.9. The van der Waals surface area contributed by atoms with Gasteiger partial charge in [-0.05, 0) is 51.1 Å². The van der Waals surface area contributed by atoms with Crippen LogP contribution in [-0.4, -0.2) is 68.5 Å². The lowest BCUT2D eigenvalue weighted by Gasteiger charge is -2.41. The number of rotatable bonds is 11. The van der Waals surface area contributed by atoms with Crippen LogP contribution in [0.25, 0.3) is 0 Å². The first-order valence-corrected chi connectivity index (χ1v) is 10.5. The Balaban J connectivity index is 1.96. The molecule has 1 aromatic heterocycles. The molecule has 0 unspecified atom stereocenters. The summed E-state index contributed by atoms with van der Waals surface area (Å²) in [6.45, 7) is 8.46. The highest BCUT2D eigenvalue weighted by Gasteiger charge is 2.40. The van der Waals surface area contributed by atoms with Crippen molar-refractivity contribution in [1.29, 1.82) is 0 Å². The van der Waals surface area contributed by atoms with Gasteiger partial charge in [0.25, 0.3) is 0 Å². The molecule has 1 saturated carbocycles. The monoisotopic (exact) mass is 393 g/mol. The van der Waals surface area contributed by atoms with Gasteiger partial charge in [-0.25, -0.2) is 0 Å². The first-order chi connectivity index (χ1) is 13.4. The summed E-state index contributed by atoms with van der Waals surface area (Å²) < 4.78 is 5.06. The third kappa shape index (κ3) is 6.57. The van der Waals surface area contributed by atoms with Gasteiger partial charge in [0.1, 0.15) is 0 Å². The molecule has 0 saturated heterocycles. The Hall–Kier alpha value is -1.44. The topological polar surface area (TPSA) is 82.3 Å². The van der Waals surface area contributed by atoms with E-state index in [2.05, 4.69) is 46.6 Å². The van der Waals surface area contributed by atoms with E-state index in [1.807, 2.05) is 13.2 Å². The molecular formula is C21H39N5O2. The third-order valence-electron chi connectivity index (χ3n) is 6.12. The molecule has 2 atom stereocenters. The van der Waals surface area contributed by atoms with Gasteiger partial charge in [-0.2, -0.15) is 5.10 Å². The molecular weight excluding hydrogens is 354 g/mol. The second-order valence-corrected chi connectivity index (χ2v) is 8.88. The Morgan fingerprint density at radius 1 is 1.43 bits per heavy atom. The molecule has 160 valence electrons. The minimum Gasteiger partial charge on any atom is -0.383 e. The number of amides is 1. The van der Waals surface area contributed by atoms with Gasteiger partial charge in [0, 0.05) is 50.5 Å². The number of nitrogens with one attached hydrogen (secondary N) is 3. The Morgan fingerprint density at radius 3 is 2.93 bits per heavy atom. The summed E-state index contributed by atoms with van der Waals surface area (Å²) in [5.74, 6) is 0.726. The summed E-state index contributed by atoms with van der Waals surface area (Å²) >= 11 is 0. The van der Waals surface area contributed by atoms with E-state index in [9.17, 15) is 4.79 Å². The van der Waals surface area contributed by atoms with Crippen molar-refractivity contribution in [2.24, 2.45) is 17.3 Å². The highest BCUT2D eigenvalue weighted by Crippen LogP contribution is 2.44. The number of methoxy groups -OCH3 is 1. The van der Waals surface area contributed by atoms with Crippen molar-refractivity contribution in [3.8, 4) is 0 Å². The van der Waals surface area contributed by atoms with E-state index in [0.717, 1.165) is 45.3 Å². The molecule has 0 spiro atoms. The van der Waals surface area contributed by atoms with Crippen molar-refractivity contribution in [2.45, 2.75) is 46.1 Å². The number of likely N-dealkylation sites (N-methyl/N-ethyl adjacent to an activating group) is 2. The quantitative estimate of drug-likeness (QED) is 0.500. The zero-order chi connectivity index (χ0) is 20.6. The third-order valence-corrected chi connectivity index (χ3v) is 6.12. The summed E-state index contributed by atoms with van der Waals surface area (Å²) in [7, 11) is 5.77. The molecule has 28 heavy (non-hydrogen) atoms. The second-order valence-electron chi connectivity index (χ2n) is 8.88. The Morgan fingerprint density at radius 2 is 2.21 bits per heavy atom. The molecule has 1 aliphatic carbocycles. The van der Waals surface area contributed by atoms with Crippen LogP contribution in [0.5, 0.6) is 0 Å². The van der Waals surface area contributed by atoms with E-state index in [4.69, 9.17) is 4.74 Å². The molecule has 0 aromatic carbocycles. The number of aromatic nitrogens is 2. The Bertz CT molecular complexity index is 601. The average molecular weight is 394 g/mol. The normalized spacial score (nSPS) is 21.8. The molecule has 0 bridgehead atoms. The summed E-state index contributed by atoms with van der Waals surface area (Å²) in [5.41, 5.74) is 2.53. The van der Waals surface area contributed by atoms with E-state index in [1.54, 1.807) is 7.11 Å². The van der Waals surface area contributed by atoms with Gasteiger partial charge in [-0.1, -0.05) is 13.8 Å². The molecule has 0 aliphatic heterocycles. The predicted molar refractivity (Wildman–Crippen MR) is 112 cm³/mol. The van der Waals surface area contributed by atoms with E-state index < -0.39 is 0 Å². The van der Waals surface area contributed by atoms with Gasteiger partial charge < -0.3 is 20.3 Å². The van der Waals surface area contributed by atoms with Gasteiger partial charge >= 0.3 is 0 Å². The predicted octanol–water partition coefficient (Wildman–Crippen LogP) is 1.81. The van der Waals surface area contributed by atoms with E-state index in [1.165, 1.54) is 11.3 Å². The maximum Gasteiger partial charge on any atom is 0.223 e. The number of carbonyl (C=O) groups excluding carboxylic acids is 1. The maximum atomic E-state index is 12.7. The van der Waals surface area contributed by atoms with Crippen LogP contribution in [0.2, 0.25) is 0 Å². The smallest absolute Gasteiger partial charge is 0.223 e. The van der Waals surface area contributed by atoms with Gasteiger partial charge in [0.2, 0.25) is 5.91 Å². The van der Waals surface area contributed by atoms with E-state index in [0.29, 0.717) is 19.1 Å². The number of H-pyrrole nitrogens is 1. The van der Waals surface area contributed by atoms with Crippen LogP contribution >= 0.6 is 0 Å². The highest BCUT2D eigenvalue weighted by atomic mass is 16.5. The van der Waals surface area contributed by atoms with Crippen LogP contribution in [-0.2, 0) is 22.5 Å². The van der Waals surface area contributed by atoms with E-state index >= 15 is 0 Å². The van der Waals surface area contributed by atoms with Gasteiger partial charge in [0.05, 0.1) is 12.8 Å². The lowest BCUT2D eigenvalue weighted by molar-refractivity contribution is -0.131. The molecule has 0 radical (unpaired) electrons. The van der Waals surface area contributed by atoms with Gasteiger partial charge in [0.15, 0.2) is 0 Å². The summed E-state index contributed by atoms with van der Waals surface area (Å²) in [6, 6.07) is 0. The molecule has 1 aliphatic rings. The Kier molecular flexibility index (Phi) is 8.92. The fraction of sp³-hybridized carbons (Fsp3) is 0.810. The zero-order valence-corrected chi connectivity index (χ0v) is 18.3. The average Bonchev–Trinajstić information content (AvgIpc) is 3.08. The van der Waals surface area contributed by atoms with Crippen molar-refractivity contribution < 1.29 is 9.53 Å². The van der Waals surface area contributed by atoms with Crippen molar-refractivity contribution in [2.75, 3.05) is 47.4 Å². The number of hydrogen-bond donors (Lipinski definition) is 3. The molecule has 7 nitrogen and oxygen atoms in total. The molecule has 7 heteroatoms. The lowest BCUT2D eigenvalue weighted by atomic mass is 9.64. The van der Waals surface area contributed by atoms with Gasteiger partial charge in [-0.3, -0.25) is 9.89 Å². The minimum atomic E-state index is 0.0395. The van der Waals surface area contributed by atoms with Crippen molar-refractivity contribution in [3.63, 3.8) is 0 Å². The molecule has 1 heterocycles. The lowest BCUT2D eigenvalue weighted by Crippen LogP contribution is -2.44. The largest absolute Gasteiger partial charge is 0.383 e. The molecule has 2 rings (SSSR count). The van der Waals surface area contributed by atoms with Crippen molar-refractivity contribution in [3.05, 3.63) is 17.5 Å². The van der Waals surface area contributed by atoms with Crippen molar-refractivity contribution in [1.82, 2.24) is 25.7 Å². The van der Waals surface area contributed by atoms with Gasteiger partial charge in [-0.15, -0.1) is 0 Å². The standard InChI is InChI=1S/C21H39N5O2/c1-21(2)7-6-16(12-18(21)20(27)23-9-11-28-5)13-19-17(14-24-25-19)15-26(4)10-8-22-3/h14,16,18,22H,6-13,15H2,1-5H3,(H,23,27)(H,24,25)/t16-,18-/m1/s1. The van der Waals surface area contributed by atoms with Crippen LogP contribution in [0.4, 0.5) is 0 Å². The Labute approximate surface area is 170 Å². The summed E-state index contributed by atoms with van der Waals surface area (Å²) in [5, 5.41) is 13.7.